The molecule has 8 heteroatoms. The molecule has 3 rings (SSSR count). The fourth-order valence-corrected chi connectivity index (χ4v) is 2.30. The third-order valence-electron chi connectivity index (χ3n) is 3.28. The first kappa shape index (κ1) is 13.8. The number of carbonyl (C=O) groups excluding carboxylic acids is 1. The van der Waals surface area contributed by atoms with Gasteiger partial charge in [0.2, 0.25) is 0 Å². The molecule has 1 heterocycles. The van der Waals surface area contributed by atoms with E-state index < -0.39 is 17.5 Å². The average Bonchev–Trinajstić information content (AvgIpc) is 3.17. The topological polar surface area (TPSA) is 83.8 Å². The molecule has 21 heavy (non-hydrogen) atoms. The van der Waals surface area contributed by atoms with E-state index in [0.29, 0.717) is 17.7 Å². The summed E-state index contributed by atoms with van der Waals surface area (Å²) < 4.78 is 26.6. The Bertz CT molecular complexity index is 704. The number of aromatic amines is 1. The molecular weight excluding hydrogens is 302 g/mol. The SMILES string of the molecule is Nc1c(C(=O)Nc2c(F)cc(F)cc2Cl)n[nH]c1C1CC1. The largest absolute Gasteiger partial charge is 0.395 e. The fraction of sp³-hybridized carbons (Fsp3) is 0.231. The van der Waals surface area contributed by atoms with Gasteiger partial charge in [0.05, 0.1) is 22.1 Å². The highest BCUT2D eigenvalue weighted by Crippen LogP contribution is 2.42. The van der Waals surface area contributed by atoms with Crippen LogP contribution in [-0.2, 0) is 0 Å². The Morgan fingerprint density at radius 2 is 2.14 bits per heavy atom. The number of carbonyl (C=O) groups is 1. The first-order valence-electron chi connectivity index (χ1n) is 6.27. The Balaban J connectivity index is 1.87. The number of rotatable bonds is 3. The molecule has 110 valence electrons. The molecule has 0 unspecified atom stereocenters. The zero-order valence-corrected chi connectivity index (χ0v) is 11.5. The van der Waals surface area contributed by atoms with E-state index in [9.17, 15) is 13.6 Å². The van der Waals surface area contributed by atoms with E-state index in [2.05, 4.69) is 15.5 Å². The third kappa shape index (κ3) is 2.56. The molecule has 2 aromatic rings. The van der Waals surface area contributed by atoms with E-state index in [1.807, 2.05) is 0 Å². The summed E-state index contributed by atoms with van der Waals surface area (Å²) in [7, 11) is 0. The summed E-state index contributed by atoms with van der Waals surface area (Å²) in [4.78, 5) is 12.1. The van der Waals surface area contributed by atoms with Crippen LogP contribution in [0.25, 0.3) is 0 Å². The maximum Gasteiger partial charge on any atom is 0.278 e. The van der Waals surface area contributed by atoms with Crippen molar-refractivity contribution >= 4 is 28.9 Å². The van der Waals surface area contributed by atoms with Gasteiger partial charge < -0.3 is 11.1 Å². The van der Waals surface area contributed by atoms with Crippen molar-refractivity contribution in [2.24, 2.45) is 0 Å². The lowest BCUT2D eigenvalue weighted by atomic mass is 10.2. The van der Waals surface area contributed by atoms with Crippen LogP contribution in [0.15, 0.2) is 12.1 Å². The highest BCUT2D eigenvalue weighted by atomic mass is 35.5. The van der Waals surface area contributed by atoms with Crippen molar-refractivity contribution in [2.45, 2.75) is 18.8 Å². The summed E-state index contributed by atoms with van der Waals surface area (Å²) in [6.07, 6.45) is 1.98. The van der Waals surface area contributed by atoms with Gasteiger partial charge in [0, 0.05) is 12.0 Å². The zero-order chi connectivity index (χ0) is 15.1. The minimum absolute atomic E-state index is 0.0308. The van der Waals surface area contributed by atoms with Gasteiger partial charge in [-0.2, -0.15) is 5.10 Å². The van der Waals surface area contributed by atoms with E-state index in [1.165, 1.54) is 0 Å². The van der Waals surface area contributed by atoms with Gasteiger partial charge in [-0.1, -0.05) is 11.6 Å². The number of hydrogen-bond donors (Lipinski definition) is 3. The predicted molar refractivity (Wildman–Crippen MR) is 74.3 cm³/mol. The van der Waals surface area contributed by atoms with Gasteiger partial charge >= 0.3 is 0 Å². The van der Waals surface area contributed by atoms with Crippen molar-refractivity contribution < 1.29 is 13.6 Å². The molecule has 0 radical (unpaired) electrons. The standard InChI is InChI=1S/C13H11ClF2N4O/c14-7-3-6(15)4-8(16)11(7)18-13(21)12-9(17)10(19-20-12)5-1-2-5/h3-5H,1-2,17H2,(H,18,21)(H,19,20). The molecule has 1 aromatic heterocycles. The molecule has 0 atom stereocenters. The molecule has 0 saturated heterocycles. The Hall–Kier alpha value is -2.15. The molecule has 1 aliphatic carbocycles. The van der Waals surface area contributed by atoms with Crippen LogP contribution < -0.4 is 11.1 Å². The fourth-order valence-electron chi connectivity index (χ4n) is 2.05. The van der Waals surface area contributed by atoms with E-state index in [-0.39, 0.29) is 22.1 Å². The highest BCUT2D eigenvalue weighted by molar-refractivity contribution is 6.34. The number of nitrogens with two attached hydrogens (primary N) is 1. The van der Waals surface area contributed by atoms with Crippen molar-refractivity contribution in [1.82, 2.24) is 10.2 Å². The summed E-state index contributed by atoms with van der Waals surface area (Å²) in [6.45, 7) is 0. The van der Waals surface area contributed by atoms with Crippen LogP contribution in [0.1, 0.15) is 34.9 Å². The van der Waals surface area contributed by atoms with Crippen LogP contribution in [0.2, 0.25) is 5.02 Å². The zero-order valence-electron chi connectivity index (χ0n) is 10.7. The van der Waals surface area contributed by atoms with Gasteiger partial charge in [-0.05, 0) is 18.9 Å². The third-order valence-corrected chi connectivity index (χ3v) is 3.58. The molecule has 1 aromatic carbocycles. The van der Waals surface area contributed by atoms with Gasteiger partial charge in [-0.3, -0.25) is 9.89 Å². The van der Waals surface area contributed by atoms with Gasteiger partial charge in [0.25, 0.3) is 5.91 Å². The van der Waals surface area contributed by atoms with Gasteiger partial charge in [0.1, 0.15) is 5.82 Å². The van der Waals surface area contributed by atoms with Gasteiger partial charge in [-0.25, -0.2) is 8.78 Å². The van der Waals surface area contributed by atoms with Crippen molar-refractivity contribution in [3.05, 3.63) is 40.2 Å². The lowest BCUT2D eigenvalue weighted by molar-refractivity contribution is 0.102. The summed E-state index contributed by atoms with van der Waals surface area (Å²) in [5.74, 6) is -2.20. The van der Waals surface area contributed by atoms with E-state index in [0.717, 1.165) is 18.9 Å². The van der Waals surface area contributed by atoms with Crippen molar-refractivity contribution in [3.63, 3.8) is 0 Å². The van der Waals surface area contributed by atoms with Crippen molar-refractivity contribution in [3.8, 4) is 0 Å². The van der Waals surface area contributed by atoms with E-state index >= 15 is 0 Å². The monoisotopic (exact) mass is 312 g/mol. The molecular formula is C13H11ClF2N4O. The Kier molecular flexibility index (Phi) is 3.29. The van der Waals surface area contributed by atoms with Crippen molar-refractivity contribution in [2.75, 3.05) is 11.1 Å². The molecule has 4 N–H and O–H groups in total. The number of nitrogen functional groups attached to an aromatic ring is 1. The number of anilines is 2. The molecule has 1 amide bonds. The summed E-state index contributed by atoms with van der Waals surface area (Å²) in [5.41, 5.74) is 6.48. The minimum Gasteiger partial charge on any atom is -0.395 e. The maximum absolute atomic E-state index is 13.6. The van der Waals surface area contributed by atoms with Crippen LogP contribution in [0.4, 0.5) is 20.2 Å². The number of amides is 1. The average molecular weight is 313 g/mol. The second-order valence-corrected chi connectivity index (χ2v) is 5.28. The normalized spacial score (nSPS) is 14.2. The molecule has 1 fully saturated rings. The van der Waals surface area contributed by atoms with Gasteiger partial charge in [-0.15, -0.1) is 0 Å². The molecule has 0 aliphatic heterocycles. The van der Waals surface area contributed by atoms with Crippen LogP contribution >= 0.6 is 11.6 Å². The first-order valence-corrected chi connectivity index (χ1v) is 6.64. The Morgan fingerprint density at radius 3 is 2.76 bits per heavy atom. The van der Waals surface area contributed by atoms with Crippen LogP contribution in [-0.4, -0.2) is 16.1 Å². The number of H-pyrrole nitrogens is 1. The molecule has 1 aliphatic rings. The lowest BCUT2D eigenvalue weighted by Gasteiger charge is -2.07. The molecule has 0 bridgehead atoms. The van der Waals surface area contributed by atoms with Crippen LogP contribution in [0.3, 0.4) is 0 Å². The smallest absolute Gasteiger partial charge is 0.278 e. The Morgan fingerprint density at radius 1 is 1.43 bits per heavy atom. The van der Waals surface area contributed by atoms with Crippen molar-refractivity contribution in [1.29, 1.82) is 0 Å². The number of benzene rings is 1. The van der Waals surface area contributed by atoms with E-state index in [4.69, 9.17) is 17.3 Å². The number of nitrogens with one attached hydrogen (secondary N) is 2. The first-order chi connectivity index (χ1) is 9.97. The molecule has 5 nitrogen and oxygen atoms in total. The number of hydrogen-bond acceptors (Lipinski definition) is 3. The lowest BCUT2D eigenvalue weighted by Crippen LogP contribution is -2.15. The number of nitrogens with zero attached hydrogens (tertiary/aromatic N) is 1. The minimum atomic E-state index is -0.968. The van der Waals surface area contributed by atoms with Crippen LogP contribution in [0.5, 0.6) is 0 Å². The molecule has 0 spiro atoms. The van der Waals surface area contributed by atoms with Crippen LogP contribution in [0, 0.1) is 11.6 Å². The molecule has 1 saturated carbocycles. The second-order valence-electron chi connectivity index (χ2n) is 4.87. The predicted octanol–water partition coefficient (Wildman–Crippen LogP) is 3.05. The second kappa shape index (κ2) is 5.00. The number of aromatic nitrogens is 2. The summed E-state index contributed by atoms with van der Waals surface area (Å²) in [5, 5.41) is 8.59. The number of halogens is 3. The summed E-state index contributed by atoms with van der Waals surface area (Å²) in [6, 6.07) is 1.54. The highest BCUT2D eigenvalue weighted by Gasteiger charge is 2.30. The van der Waals surface area contributed by atoms with E-state index in [1.54, 1.807) is 0 Å². The summed E-state index contributed by atoms with van der Waals surface area (Å²) >= 11 is 5.72. The maximum atomic E-state index is 13.6. The van der Waals surface area contributed by atoms with Gasteiger partial charge in [0.15, 0.2) is 11.5 Å². The Labute approximate surface area is 123 Å². The quantitative estimate of drug-likeness (QED) is 0.814.